The number of aliphatic carboxylic acids is 2. The van der Waals surface area contributed by atoms with Crippen molar-refractivity contribution in [2.75, 3.05) is 12.4 Å². The number of carboxylic acid groups (broad SMARTS) is 2. The summed E-state index contributed by atoms with van der Waals surface area (Å²) >= 11 is 0. The molecule has 2 rings (SSSR count). The standard InChI is InChI=1S/C21H22N4O8/c1-25(16(18(28)29)10-17(26)27)21(31)32-11-12-2-8-15(9-3-12)33-19(30)13-4-6-14(7-5-13)24-20(22)23/h2-9,16H,10-11H2,1H3,(H,26,27)(H,28,29)(H4,22,23,24)/t16-/m0/s1. The molecular formula is C21H22N4O8. The summed E-state index contributed by atoms with van der Waals surface area (Å²) in [5.74, 6) is -3.43. The third kappa shape index (κ3) is 7.54. The van der Waals surface area contributed by atoms with Gasteiger partial charge in [-0.25, -0.2) is 14.4 Å². The molecule has 6 N–H and O–H groups in total. The fourth-order valence-electron chi connectivity index (χ4n) is 2.59. The van der Waals surface area contributed by atoms with Crippen LogP contribution in [0.4, 0.5) is 10.5 Å². The van der Waals surface area contributed by atoms with E-state index in [0.29, 0.717) is 16.2 Å². The minimum atomic E-state index is -1.57. The second-order valence-corrected chi connectivity index (χ2v) is 6.77. The number of ether oxygens (including phenoxy) is 2. The maximum Gasteiger partial charge on any atom is 0.410 e. The average Bonchev–Trinajstić information content (AvgIpc) is 2.76. The minimum Gasteiger partial charge on any atom is -0.481 e. The third-order valence-corrected chi connectivity index (χ3v) is 4.30. The van der Waals surface area contributed by atoms with E-state index in [1.807, 2.05) is 0 Å². The molecule has 174 valence electrons. The summed E-state index contributed by atoms with van der Waals surface area (Å²) in [7, 11) is 1.13. The number of carboxylic acids is 2. The van der Waals surface area contributed by atoms with Crippen LogP contribution in [0, 0.1) is 5.41 Å². The monoisotopic (exact) mass is 458 g/mol. The zero-order valence-electron chi connectivity index (χ0n) is 17.5. The van der Waals surface area contributed by atoms with E-state index in [0.717, 1.165) is 7.05 Å². The zero-order valence-corrected chi connectivity index (χ0v) is 17.5. The Morgan fingerprint density at radius 2 is 1.67 bits per heavy atom. The van der Waals surface area contributed by atoms with Gasteiger partial charge in [0.2, 0.25) is 0 Å². The Labute approximate surface area is 188 Å². The molecule has 2 aromatic rings. The predicted molar refractivity (Wildman–Crippen MR) is 115 cm³/mol. The molecule has 0 radical (unpaired) electrons. The number of benzene rings is 2. The number of guanidine groups is 1. The summed E-state index contributed by atoms with van der Waals surface area (Å²) in [6.07, 6.45) is -1.77. The van der Waals surface area contributed by atoms with Gasteiger partial charge >= 0.3 is 24.0 Å². The Morgan fingerprint density at radius 3 is 2.18 bits per heavy atom. The van der Waals surface area contributed by atoms with E-state index in [9.17, 15) is 19.2 Å². The van der Waals surface area contributed by atoms with Crippen LogP contribution in [-0.4, -0.2) is 58.2 Å². The molecule has 0 bridgehead atoms. The predicted octanol–water partition coefficient (Wildman–Crippen LogP) is 1.71. The van der Waals surface area contributed by atoms with Crippen LogP contribution in [0.2, 0.25) is 0 Å². The Kier molecular flexibility index (Phi) is 8.32. The zero-order chi connectivity index (χ0) is 24.5. The lowest BCUT2D eigenvalue weighted by molar-refractivity contribution is -0.148. The maximum atomic E-state index is 12.2. The summed E-state index contributed by atoms with van der Waals surface area (Å²) < 4.78 is 10.3. The van der Waals surface area contributed by atoms with Crippen LogP contribution in [0.15, 0.2) is 48.5 Å². The Bertz CT molecular complexity index is 1040. The number of nitrogens with one attached hydrogen (secondary N) is 2. The number of rotatable bonds is 9. The number of nitrogens with two attached hydrogens (primary N) is 1. The second-order valence-electron chi connectivity index (χ2n) is 6.77. The van der Waals surface area contributed by atoms with E-state index in [4.69, 9.17) is 30.8 Å². The minimum absolute atomic E-state index is 0.207. The first-order valence-electron chi connectivity index (χ1n) is 9.43. The van der Waals surface area contributed by atoms with Gasteiger partial charge in [-0.1, -0.05) is 12.1 Å². The highest BCUT2D eigenvalue weighted by Gasteiger charge is 2.29. The van der Waals surface area contributed by atoms with Gasteiger partial charge in [-0.15, -0.1) is 0 Å². The van der Waals surface area contributed by atoms with Crippen LogP contribution in [0.1, 0.15) is 22.3 Å². The number of carbonyl (C=O) groups excluding carboxylic acids is 2. The van der Waals surface area contributed by atoms with Crippen LogP contribution in [-0.2, 0) is 20.9 Å². The van der Waals surface area contributed by atoms with E-state index >= 15 is 0 Å². The first-order valence-corrected chi connectivity index (χ1v) is 9.43. The highest BCUT2D eigenvalue weighted by atomic mass is 16.6. The third-order valence-electron chi connectivity index (χ3n) is 4.30. The quantitative estimate of drug-likeness (QED) is 0.160. The molecule has 1 amide bonds. The van der Waals surface area contributed by atoms with Gasteiger partial charge in [0, 0.05) is 12.7 Å². The molecular weight excluding hydrogens is 436 g/mol. The fourth-order valence-corrected chi connectivity index (χ4v) is 2.59. The van der Waals surface area contributed by atoms with E-state index < -0.39 is 36.5 Å². The molecule has 0 saturated heterocycles. The average molecular weight is 458 g/mol. The van der Waals surface area contributed by atoms with E-state index in [-0.39, 0.29) is 23.9 Å². The summed E-state index contributed by atoms with van der Waals surface area (Å²) in [5.41, 5.74) is 6.59. The van der Waals surface area contributed by atoms with Crippen molar-refractivity contribution in [2.24, 2.45) is 5.73 Å². The molecule has 0 saturated carbocycles. The van der Waals surface area contributed by atoms with Crippen molar-refractivity contribution in [3.63, 3.8) is 0 Å². The van der Waals surface area contributed by atoms with E-state index in [2.05, 4.69) is 5.32 Å². The number of likely N-dealkylation sites (N-methyl/N-ethyl adjacent to an activating group) is 1. The lowest BCUT2D eigenvalue weighted by atomic mass is 10.2. The number of amides is 1. The molecule has 2 aromatic carbocycles. The van der Waals surface area contributed by atoms with Gasteiger partial charge in [0.05, 0.1) is 12.0 Å². The van der Waals surface area contributed by atoms with Crippen molar-refractivity contribution >= 4 is 35.6 Å². The maximum absolute atomic E-state index is 12.2. The highest BCUT2D eigenvalue weighted by Crippen LogP contribution is 2.17. The lowest BCUT2D eigenvalue weighted by Gasteiger charge is -2.22. The van der Waals surface area contributed by atoms with Crippen molar-refractivity contribution in [3.05, 3.63) is 59.7 Å². The molecule has 0 aromatic heterocycles. The fraction of sp³-hybridized carbons (Fsp3) is 0.190. The van der Waals surface area contributed by atoms with Crippen LogP contribution in [0.5, 0.6) is 5.75 Å². The Hall–Kier alpha value is -4.61. The molecule has 1 atom stereocenters. The van der Waals surface area contributed by atoms with Crippen molar-refractivity contribution in [1.29, 1.82) is 5.41 Å². The molecule has 33 heavy (non-hydrogen) atoms. The molecule has 12 nitrogen and oxygen atoms in total. The number of nitrogens with zero attached hydrogens (tertiary/aromatic N) is 1. The van der Waals surface area contributed by atoms with Gasteiger partial charge < -0.3 is 30.7 Å². The van der Waals surface area contributed by atoms with Gasteiger partial charge in [0.25, 0.3) is 0 Å². The molecule has 0 aliphatic carbocycles. The summed E-state index contributed by atoms with van der Waals surface area (Å²) in [4.78, 5) is 46.9. The number of anilines is 1. The summed E-state index contributed by atoms with van der Waals surface area (Å²) in [6.45, 7) is -0.207. The van der Waals surface area contributed by atoms with Gasteiger partial charge in [0.15, 0.2) is 5.96 Å². The summed E-state index contributed by atoms with van der Waals surface area (Å²) in [6, 6.07) is 10.6. The van der Waals surface area contributed by atoms with Gasteiger partial charge in [-0.2, -0.15) is 0 Å². The first kappa shape index (κ1) is 24.7. The van der Waals surface area contributed by atoms with Crippen molar-refractivity contribution < 1.29 is 38.9 Å². The SMILES string of the molecule is CN(C(=O)OCc1ccc(OC(=O)c2ccc(NC(=N)N)cc2)cc1)[C@@H](CC(=O)O)C(=O)O. The first-order chi connectivity index (χ1) is 15.6. The second kappa shape index (κ2) is 11.1. The van der Waals surface area contributed by atoms with Gasteiger partial charge in [0.1, 0.15) is 18.4 Å². The van der Waals surface area contributed by atoms with E-state index in [1.165, 1.54) is 24.3 Å². The van der Waals surface area contributed by atoms with Crippen LogP contribution >= 0.6 is 0 Å². The lowest BCUT2D eigenvalue weighted by Crippen LogP contribution is -2.43. The van der Waals surface area contributed by atoms with Crippen molar-refractivity contribution in [3.8, 4) is 5.75 Å². The van der Waals surface area contributed by atoms with Crippen molar-refractivity contribution in [1.82, 2.24) is 4.90 Å². The van der Waals surface area contributed by atoms with Gasteiger partial charge in [-0.3, -0.25) is 15.1 Å². The highest BCUT2D eigenvalue weighted by molar-refractivity contribution is 5.93. The van der Waals surface area contributed by atoms with Crippen LogP contribution in [0.3, 0.4) is 0 Å². The largest absolute Gasteiger partial charge is 0.481 e. The summed E-state index contributed by atoms with van der Waals surface area (Å²) in [5, 5.41) is 27.6. The van der Waals surface area contributed by atoms with Crippen LogP contribution in [0.25, 0.3) is 0 Å². The molecule has 0 heterocycles. The number of esters is 1. The smallest absolute Gasteiger partial charge is 0.410 e. The molecule has 0 aliphatic heterocycles. The van der Waals surface area contributed by atoms with E-state index in [1.54, 1.807) is 24.3 Å². The number of hydrogen-bond donors (Lipinski definition) is 5. The topological polar surface area (TPSA) is 192 Å². The van der Waals surface area contributed by atoms with Crippen LogP contribution < -0.4 is 15.8 Å². The Morgan fingerprint density at radius 1 is 1.06 bits per heavy atom. The normalized spacial score (nSPS) is 11.1. The molecule has 0 aliphatic rings. The van der Waals surface area contributed by atoms with Crippen molar-refractivity contribution in [2.45, 2.75) is 19.1 Å². The number of carbonyl (C=O) groups is 4. The number of hydrogen-bond acceptors (Lipinski definition) is 7. The molecule has 0 fully saturated rings. The Balaban J connectivity index is 1.91. The molecule has 12 heteroatoms. The molecule has 0 unspecified atom stereocenters. The molecule has 0 spiro atoms. The van der Waals surface area contributed by atoms with Gasteiger partial charge in [-0.05, 0) is 42.0 Å².